The molecule has 0 spiro atoms. The molecule has 29 heavy (non-hydrogen) atoms. The molecule has 2 aromatic carbocycles. The molecular weight excluding hydrogens is 380 g/mol. The van der Waals surface area contributed by atoms with E-state index in [2.05, 4.69) is 41.3 Å². The molecule has 0 atom stereocenters. The molecule has 0 saturated heterocycles. The SMILES string of the molecule is CN(C)c1ccc(C=Nn2c(-c3ccco3)csc2=NCc2ccccc2)cc1. The average molecular weight is 403 g/mol. The second kappa shape index (κ2) is 8.75. The fourth-order valence-corrected chi connectivity index (χ4v) is 3.66. The van der Waals surface area contributed by atoms with Crippen LogP contribution in [0.15, 0.2) is 92.9 Å². The lowest BCUT2D eigenvalue weighted by Crippen LogP contribution is -2.12. The highest BCUT2D eigenvalue weighted by molar-refractivity contribution is 7.07. The lowest BCUT2D eigenvalue weighted by Gasteiger charge is -2.11. The summed E-state index contributed by atoms with van der Waals surface area (Å²) >= 11 is 1.55. The lowest BCUT2D eigenvalue weighted by molar-refractivity contribution is 0.575. The number of hydrogen-bond donors (Lipinski definition) is 0. The number of hydrogen-bond acceptors (Lipinski definition) is 5. The molecule has 0 N–H and O–H groups in total. The summed E-state index contributed by atoms with van der Waals surface area (Å²) in [5.74, 6) is 0.766. The number of anilines is 1. The Morgan fingerprint density at radius 1 is 1.00 bits per heavy atom. The van der Waals surface area contributed by atoms with Crippen molar-refractivity contribution in [3.63, 3.8) is 0 Å². The molecule has 4 aromatic rings. The van der Waals surface area contributed by atoms with E-state index in [-0.39, 0.29) is 0 Å². The zero-order chi connectivity index (χ0) is 20.1. The molecule has 0 radical (unpaired) electrons. The maximum absolute atomic E-state index is 5.60. The van der Waals surface area contributed by atoms with Crippen LogP contribution in [0.3, 0.4) is 0 Å². The van der Waals surface area contributed by atoms with Gasteiger partial charge in [-0.1, -0.05) is 42.5 Å². The Morgan fingerprint density at radius 2 is 1.79 bits per heavy atom. The van der Waals surface area contributed by atoms with Crippen molar-refractivity contribution in [2.75, 3.05) is 19.0 Å². The number of rotatable bonds is 6. The fourth-order valence-electron chi connectivity index (χ4n) is 2.84. The highest BCUT2D eigenvalue weighted by Crippen LogP contribution is 2.20. The molecule has 0 saturated carbocycles. The molecule has 146 valence electrons. The maximum Gasteiger partial charge on any atom is 0.206 e. The van der Waals surface area contributed by atoms with Crippen LogP contribution in [0.4, 0.5) is 5.69 Å². The van der Waals surface area contributed by atoms with Crippen LogP contribution >= 0.6 is 11.3 Å². The van der Waals surface area contributed by atoms with Crippen LogP contribution in [-0.4, -0.2) is 25.0 Å². The minimum absolute atomic E-state index is 0.603. The summed E-state index contributed by atoms with van der Waals surface area (Å²) in [5.41, 5.74) is 4.22. The van der Waals surface area contributed by atoms with Gasteiger partial charge in [0.05, 0.1) is 19.0 Å². The molecule has 0 aliphatic rings. The van der Waals surface area contributed by atoms with Gasteiger partial charge in [0.15, 0.2) is 5.76 Å². The van der Waals surface area contributed by atoms with Crippen LogP contribution in [0.25, 0.3) is 11.5 Å². The molecule has 0 unspecified atom stereocenters. The molecule has 0 aliphatic carbocycles. The first-order valence-electron chi connectivity index (χ1n) is 9.31. The third kappa shape index (κ3) is 4.55. The predicted octanol–water partition coefficient (Wildman–Crippen LogP) is 4.86. The Labute approximate surface area is 173 Å². The van der Waals surface area contributed by atoms with Gasteiger partial charge in [0.1, 0.15) is 5.69 Å². The van der Waals surface area contributed by atoms with Crippen molar-refractivity contribution in [2.24, 2.45) is 10.1 Å². The second-order valence-corrected chi connectivity index (χ2v) is 7.56. The van der Waals surface area contributed by atoms with E-state index in [1.165, 1.54) is 0 Å². The first kappa shape index (κ1) is 19.0. The van der Waals surface area contributed by atoms with Crippen molar-refractivity contribution in [2.45, 2.75) is 6.54 Å². The van der Waals surface area contributed by atoms with Crippen LogP contribution in [0.1, 0.15) is 11.1 Å². The first-order chi connectivity index (χ1) is 14.2. The summed E-state index contributed by atoms with van der Waals surface area (Å²) in [6.07, 6.45) is 3.52. The molecule has 4 rings (SSSR count). The van der Waals surface area contributed by atoms with Gasteiger partial charge >= 0.3 is 0 Å². The number of furan rings is 1. The molecule has 0 bridgehead atoms. The molecule has 0 amide bonds. The van der Waals surface area contributed by atoms with Gasteiger partial charge < -0.3 is 9.32 Å². The van der Waals surface area contributed by atoms with Crippen LogP contribution in [-0.2, 0) is 6.54 Å². The van der Waals surface area contributed by atoms with Crippen molar-refractivity contribution in [1.82, 2.24) is 4.68 Å². The third-order valence-electron chi connectivity index (χ3n) is 4.43. The van der Waals surface area contributed by atoms with Gasteiger partial charge in [-0.05, 0) is 35.4 Å². The van der Waals surface area contributed by atoms with Gasteiger partial charge in [-0.25, -0.2) is 4.68 Å². The summed E-state index contributed by atoms with van der Waals surface area (Å²) < 4.78 is 7.43. The summed E-state index contributed by atoms with van der Waals surface area (Å²) in [4.78, 5) is 7.67. The van der Waals surface area contributed by atoms with E-state index in [4.69, 9.17) is 14.5 Å². The number of aromatic nitrogens is 1. The quantitative estimate of drug-likeness (QED) is 0.433. The van der Waals surface area contributed by atoms with Crippen LogP contribution in [0, 0.1) is 0 Å². The Bertz CT molecular complexity index is 1140. The number of nitrogens with zero attached hydrogens (tertiary/aromatic N) is 4. The van der Waals surface area contributed by atoms with E-state index < -0.39 is 0 Å². The van der Waals surface area contributed by atoms with Crippen molar-refractivity contribution < 1.29 is 4.42 Å². The molecule has 0 aliphatic heterocycles. The Balaban J connectivity index is 1.68. The summed E-state index contributed by atoms with van der Waals surface area (Å²) in [6, 6.07) is 22.3. The zero-order valence-corrected chi connectivity index (χ0v) is 17.2. The molecule has 2 heterocycles. The second-order valence-electron chi connectivity index (χ2n) is 6.72. The standard InChI is InChI=1S/C23H22N4OS/c1-26(2)20-12-10-19(11-13-20)16-25-27-21(22-9-6-14-28-22)17-29-23(27)24-15-18-7-4-3-5-8-18/h3-14,16-17H,15H2,1-2H3. The van der Waals surface area contributed by atoms with E-state index in [1.807, 2.05) is 60.7 Å². The Kier molecular flexibility index (Phi) is 5.72. The van der Waals surface area contributed by atoms with Crippen LogP contribution < -0.4 is 9.70 Å². The maximum atomic E-state index is 5.60. The van der Waals surface area contributed by atoms with Gasteiger partial charge in [0.2, 0.25) is 4.80 Å². The highest BCUT2D eigenvalue weighted by atomic mass is 32.1. The Hall–Kier alpha value is -3.38. The number of benzene rings is 2. The van der Waals surface area contributed by atoms with Gasteiger partial charge in [0, 0.05) is 25.2 Å². The van der Waals surface area contributed by atoms with E-state index >= 15 is 0 Å². The zero-order valence-electron chi connectivity index (χ0n) is 16.4. The molecule has 5 nitrogen and oxygen atoms in total. The topological polar surface area (TPSA) is 46.0 Å². The summed E-state index contributed by atoms with van der Waals surface area (Å²) in [5, 5.41) is 6.74. The predicted molar refractivity (Wildman–Crippen MR) is 119 cm³/mol. The largest absolute Gasteiger partial charge is 0.463 e. The lowest BCUT2D eigenvalue weighted by atomic mass is 10.2. The van der Waals surface area contributed by atoms with E-state index in [0.29, 0.717) is 6.54 Å². The van der Waals surface area contributed by atoms with Gasteiger partial charge in [-0.15, -0.1) is 11.3 Å². The van der Waals surface area contributed by atoms with Gasteiger partial charge in [0.25, 0.3) is 0 Å². The molecule has 6 heteroatoms. The van der Waals surface area contributed by atoms with E-state index in [1.54, 1.807) is 17.6 Å². The minimum Gasteiger partial charge on any atom is -0.463 e. The van der Waals surface area contributed by atoms with Crippen LogP contribution in [0.2, 0.25) is 0 Å². The van der Waals surface area contributed by atoms with Crippen molar-refractivity contribution in [3.05, 3.63) is 94.3 Å². The minimum atomic E-state index is 0.603. The normalized spacial score (nSPS) is 12.0. The smallest absolute Gasteiger partial charge is 0.206 e. The summed E-state index contributed by atoms with van der Waals surface area (Å²) in [6.45, 7) is 0.603. The summed E-state index contributed by atoms with van der Waals surface area (Å²) in [7, 11) is 4.06. The highest BCUT2D eigenvalue weighted by Gasteiger charge is 2.09. The van der Waals surface area contributed by atoms with E-state index in [9.17, 15) is 0 Å². The van der Waals surface area contributed by atoms with Gasteiger partial charge in [-0.2, -0.15) is 5.10 Å². The Morgan fingerprint density at radius 3 is 2.48 bits per heavy atom. The average Bonchev–Trinajstić information content (AvgIpc) is 3.41. The molecule has 2 aromatic heterocycles. The molecular formula is C23H22N4OS. The van der Waals surface area contributed by atoms with Crippen molar-refractivity contribution >= 4 is 23.2 Å². The molecule has 0 fully saturated rings. The first-order valence-corrected chi connectivity index (χ1v) is 10.2. The number of thiazole rings is 1. The monoisotopic (exact) mass is 402 g/mol. The third-order valence-corrected chi connectivity index (χ3v) is 5.28. The fraction of sp³-hybridized carbons (Fsp3) is 0.130. The van der Waals surface area contributed by atoms with Gasteiger partial charge in [-0.3, -0.25) is 4.99 Å². The van der Waals surface area contributed by atoms with Crippen LogP contribution in [0.5, 0.6) is 0 Å². The van der Waals surface area contributed by atoms with Crippen molar-refractivity contribution in [1.29, 1.82) is 0 Å². The van der Waals surface area contributed by atoms with E-state index in [0.717, 1.165) is 33.1 Å². The van der Waals surface area contributed by atoms with Crippen molar-refractivity contribution in [3.8, 4) is 11.5 Å².